The predicted octanol–water partition coefficient (Wildman–Crippen LogP) is 3.23. The number of carbonyl (C=O) groups is 1. The third-order valence-electron chi connectivity index (χ3n) is 4.95. The number of aromatic nitrogens is 1. The van der Waals surface area contributed by atoms with E-state index < -0.39 is 9.84 Å². The van der Waals surface area contributed by atoms with E-state index in [1.165, 1.54) is 13.2 Å². The third-order valence-corrected chi connectivity index (χ3v) is 6.69. The highest BCUT2D eigenvalue weighted by molar-refractivity contribution is 7.91. The van der Waals surface area contributed by atoms with E-state index in [4.69, 9.17) is 9.26 Å². The van der Waals surface area contributed by atoms with Crippen molar-refractivity contribution in [1.82, 2.24) is 10.1 Å². The molecule has 0 unspecified atom stereocenters. The van der Waals surface area contributed by atoms with E-state index in [1.54, 1.807) is 30.0 Å². The summed E-state index contributed by atoms with van der Waals surface area (Å²) in [6.07, 6.45) is 4.16. The molecule has 7 nitrogen and oxygen atoms in total. The number of nitrogens with zero attached hydrogens (tertiary/aromatic N) is 2. The Morgan fingerprint density at radius 2 is 1.89 bits per heavy atom. The molecule has 0 aliphatic carbocycles. The molecule has 2 aromatic rings. The Balaban J connectivity index is 1.79. The van der Waals surface area contributed by atoms with E-state index in [-0.39, 0.29) is 28.7 Å². The first-order chi connectivity index (χ1) is 13.4. The number of aryl methyl sites for hydroxylation is 1. The predicted molar refractivity (Wildman–Crippen MR) is 105 cm³/mol. The van der Waals surface area contributed by atoms with Crippen molar-refractivity contribution < 1.29 is 22.5 Å². The molecule has 1 aliphatic rings. The van der Waals surface area contributed by atoms with E-state index in [0.717, 1.165) is 25.7 Å². The first-order valence-electron chi connectivity index (χ1n) is 9.53. The Kier molecular flexibility index (Phi) is 6.39. The fourth-order valence-corrected chi connectivity index (χ4v) is 4.81. The Morgan fingerprint density at radius 3 is 2.50 bits per heavy atom. The van der Waals surface area contributed by atoms with Gasteiger partial charge in [0.1, 0.15) is 10.6 Å². The summed E-state index contributed by atoms with van der Waals surface area (Å²) >= 11 is 0. The smallest absolute Gasteiger partial charge is 0.223 e. The minimum absolute atomic E-state index is 0.0306. The summed E-state index contributed by atoms with van der Waals surface area (Å²) < 4.78 is 36.4. The van der Waals surface area contributed by atoms with E-state index >= 15 is 0 Å². The van der Waals surface area contributed by atoms with Crippen molar-refractivity contribution in [2.75, 3.05) is 26.0 Å². The largest absolute Gasteiger partial charge is 0.495 e. The number of methoxy groups -OCH3 is 1. The number of hydrogen-bond donors (Lipinski definition) is 0. The molecular formula is C20H26N2O5S. The zero-order valence-electron chi connectivity index (χ0n) is 16.3. The quantitative estimate of drug-likeness (QED) is 0.732. The van der Waals surface area contributed by atoms with E-state index in [2.05, 4.69) is 5.16 Å². The zero-order chi connectivity index (χ0) is 20.1. The second kappa shape index (κ2) is 8.77. The number of ether oxygens (including phenoxy) is 1. The fraction of sp³-hybridized carbons (Fsp3) is 0.500. The third kappa shape index (κ3) is 4.73. The minimum Gasteiger partial charge on any atom is -0.495 e. The van der Waals surface area contributed by atoms with Crippen molar-refractivity contribution in [3.8, 4) is 17.1 Å². The second-order valence-corrected chi connectivity index (χ2v) is 9.14. The minimum atomic E-state index is -3.70. The molecule has 1 aliphatic heterocycles. The molecule has 1 saturated heterocycles. The van der Waals surface area contributed by atoms with Crippen LogP contribution < -0.4 is 4.74 Å². The SMILES string of the molecule is COc1ccc(-c2cc(C)no2)cc1S(=O)(=O)CCC(=O)N1CCCCCC1. The maximum atomic E-state index is 13.0. The van der Waals surface area contributed by atoms with Crippen LogP contribution in [0.4, 0.5) is 0 Å². The summed E-state index contributed by atoms with van der Waals surface area (Å²) in [4.78, 5) is 14.3. The van der Waals surface area contributed by atoms with Gasteiger partial charge < -0.3 is 14.2 Å². The van der Waals surface area contributed by atoms with Crippen molar-refractivity contribution in [2.24, 2.45) is 0 Å². The number of sulfone groups is 1. The lowest BCUT2D eigenvalue weighted by Gasteiger charge is -2.20. The Hall–Kier alpha value is -2.35. The van der Waals surface area contributed by atoms with Gasteiger partial charge in [-0.2, -0.15) is 0 Å². The van der Waals surface area contributed by atoms with E-state index in [9.17, 15) is 13.2 Å². The average Bonchev–Trinajstić information content (AvgIpc) is 2.94. The molecule has 1 fully saturated rings. The Labute approximate surface area is 165 Å². The Morgan fingerprint density at radius 1 is 1.18 bits per heavy atom. The molecule has 152 valence electrons. The molecule has 28 heavy (non-hydrogen) atoms. The second-order valence-electron chi connectivity index (χ2n) is 7.06. The van der Waals surface area contributed by atoms with Gasteiger partial charge in [0.2, 0.25) is 5.91 Å². The maximum absolute atomic E-state index is 13.0. The normalized spacial score (nSPS) is 15.3. The lowest BCUT2D eigenvalue weighted by atomic mass is 10.1. The number of rotatable bonds is 6. The van der Waals surface area contributed by atoms with Gasteiger partial charge in [0, 0.05) is 31.1 Å². The zero-order valence-corrected chi connectivity index (χ0v) is 17.1. The molecule has 3 rings (SSSR count). The molecular weight excluding hydrogens is 380 g/mol. The van der Waals surface area contributed by atoms with Crippen molar-refractivity contribution in [2.45, 2.75) is 43.9 Å². The highest BCUT2D eigenvalue weighted by atomic mass is 32.2. The lowest BCUT2D eigenvalue weighted by molar-refractivity contribution is -0.130. The van der Waals surface area contributed by atoms with Gasteiger partial charge >= 0.3 is 0 Å². The van der Waals surface area contributed by atoms with Crippen LogP contribution in [0.25, 0.3) is 11.3 Å². The number of amides is 1. The average molecular weight is 407 g/mol. The van der Waals surface area contributed by atoms with Crippen LogP contribution in [-0.4, -0.2) is 50.3 Å². The van der Waals surface area contributed by atoms with Crippen LogP contribution in [0.3, 0.4) is 0 Å². The monoisotopic (exact) mass is 406 g/mol. The van der Waals surface area contributed by atoms with Gasteiger partial charge in [-0.3, -0.25) is 4.79 Å². The molecule has 0 saturated carbocycles. The summed E-state index contributed by atoms with van der Waals surface area (Å²) in [6, 6.07) is 6.57. The van der Waals surface area contributed by atoms with Crippen LogP contribution in [0, 0.1) is 6.92 Å². The number of hydrogen-bond acceptors (Lipinski definition) is 6. The first-order valence-corrected chi connectivity index (χ1v) is 11.2. The van der Waals surface area contributed by atoms with Crippen molar-refractivity contribution in [3.05, 3.63) is 30.0 Å². The van der Waals surface area contributed by atoms with Crippen LogP contribution in [0.5, 0.6) is 5.75 Å². The standard InChI is InChI=1S/C20H26N2O5S/c1-15-13-18(27-21-15)16-7-8-17(26-2)19(14-16)28(24,25)12-9-20(23)22-10-5-3-4-6-11-22/h7-8,13-14H,3-6,9-12H2,1-2H3. The number of carbonyl (C=O) groups excluding carboxylic acids is 1. The van der Waals surface area contributed by atoms with E-state index in [1.807, 2.05) is 0 Å². The highest BCUT2D eigenvalue weighted by Crippen LogP contribution is 2.31. The van der Waals surface area contributed by atoms with Gasteiger partial charge in [0.05, 0.1) is 18.6 Å². The maximum Gasteiger partial charge on any atom is 0.223 e. The van der Waals surface area contributed by atoms with Crippen molar-refractivity contribution in [3.63, 3.8) is 0 Å². The highest BCUT2D eigenvalue weighted by Gasteiger charge is 2.24. The van der Waals surface area contributed by atoms with Gasteiger partial charge in [-0.05, 0) is 38.0 Å². The van der Waals surface area contributed by atoms with Crippen molar-refractivity contribution in [1.29, 1.82) is 0 Å². The number of benzene rings is 1. The lowest BCUT2D eigenvalue weighted by Crippen LogP contribution is -2.33. The summed E-state index contributed by atoms with van der Waals surface area (Å²) in [5.74, 6) is 0.378. The number of likely N-dealkylation sites (tertiary alicyclic amines) is 1. The molecule has 0 radical (unpaired) electrons. The molecule has 2 heterocycles. The first kappa shape index (κ1) is 20.4. The van der Waals surface area contributed by atoms with Crippen LogP contribution in [-0.2, 0) is 14.6 Å². The molecule has 0 bridgehead atoms. The van der Waals surface area contributed by atoms with Crippen molar-refractivity contribution >= 4 is 15.7 Å². The van der Waals surface area contributed by atoms with Gasteiger partial charge in [-0.1, -0.05) is 18.0 Å². The molecule has 0 atom stereocenters. The van der Waals surface area contributed by atoms with Gasteiger partial charge in [-0.25, -0.2) is 8.42 Å². The van der Waals surface area contributed by atoms with Gasteiger partial charge in [0.25, 0.3) is 0 Å². The molecule has 1 amide bonds. The van der Waals surface area contributed by atoms with Gasteiger partial charge in [0.15, 0.2) is 15.6 Å². The summed E-state index contributed by atoms with van der Waals surface area (Å²) in [7, 11) is -2.28. The summed E-state index contributed by atoms with van der Waals surface area (Å²) in [5, 5.41) is 3.84. The summed E-state index contributed by atoms with van der Waals surface area (Å²) in [6.45, 7) is 3.22. The van der Waals surface area contributed by atoms with Gasteiger partial charge in [-0.15, -0.1) is 0 Å². The molecule has 8 heteroatoms. The van der Waals surface area contributed by atoms with Crippen LogP contribution >= 0.6 is 0 Å². The molecule has 0 N–H and O–H groups in total. The van der Waals surface area contributed by atoms with Crippen LogP contribution in [0.1, 0.15) is 37.8 Å². The summed E-state index contributed by atoms with van der Waals surface area (Å²) in [5.41, 5.74) is 1.30. The topological polar surface area (TPSA) is 89.7 Å². The molecule has 1 aromatic heterocycles. The Bertz CT molecular complexity index is 928. The van der Waals surface area contributed by atoms with Crippen LogP contribution in [0.2, 0.25) is 0 Å². The molecule has 0 spiro atoms. The van der Waals surface area contributed by atoms with Crippen LogP contribution in [0.15, 0.2) is 33.7 Å². The molecule has 1 aromatic carbocycles. The fourth-order valence-electron chi connectivity index (χ4n) is 3.38. The van der Waals surface area contributed by atoms with E-state index in [0.29, 0.717) is 30.1 Å².